The minimum Gasteiger partial charge on any atom is -0.385 e. The second-order valence-corrected chi connectivity index (χ2v) is 7.00. The van der Waals surface area contributed by atoms with E-state index in [1.165, 1.54) is 19.1 Å². The van der Waals surface area contributed by atoms with Crippen molar-refractivity contribution in [3.63, 3.8) is 0 Å². The number of rotatable bonds is 11. The van der Waals surface area contributed by atoms with Gasteiger partial charge in [-0.2, -0.15) is 0 Å². The summed E-state index contributed by atoms with van der Waals surface area (Å²) in [6, 6.07) is 4.60. The van der Waals surface area contributed by atoms with Gasteiger partial charge in [0.2, 0.25) is 0 Å². The van der Waals surface area contributed by atoms with Crippen LogP contribution in [0.25, 0.3) is 0 Å². The molecule has 2 aromatic rings. The maximum absolute atomic E-state index is 14.2. The predicted molar refractivity (Wildman–Crippen MR) is 110 cm³/mol. The summed E-state index contributed by atoms with van der Waals surface area (Å²) in [7, 11) is 0. The molecule has 0 atom stereocenters. The number of ether oxygens (including phenoxy) is 1. The molecule has 0 aliphatic rings. The highest BCUT2D eigenvalue weighted by atomic mass is 19.3. The van der Waals surface area contributed by atoms with Crippen molar-refractivity contribution in [3.8, 4) is 0 Å². The number of amidine groups is 1. The number of amides is 1. The zero-order valence-corrected chi connectivity index (χ0v) is 17.6. The first-order chi connectivity index (χ1) is 15.7. The van der Waals surface area contributed by atoms with Gasteiger partial charge >= 0.3 is 0 Å². The van der Waals surface area contributed by atoms with Crippen molar-refractivity contribution in [2.45, 2.75) is 25.5 Å². The van der Waals surface area contributed by atoms with Crippen LogP contribution in [0.4, 0.5) is 32.0 Å². The van der Waals surface area contributed by atoms with E-state index in [0.29, 0.717) is 0 Å². The Morgan fingerprint density at radius 3 is 2.52 bits per heavy atom. The highest BCUT2D eigenvalue weighted by Gasteiger charge is 2.36. The summed E-state index contributed by atoms with van der Waals surface area (Å²) in [5.74, 6) is -2.08. The largest absolute Gasteiger partial charge is 0.385 e. The highest BCUT2D eigenvalue weighted by molar-refractivity contribution is 6.03. The number of carbonyl (C=O) groups excluding carboxylic acids is 1. The minimum atomic E-state index is -2.74. The summed E-state index contributed by atoms with van der Waals surface area (Å²) in [5, 5.41) is 2.46. The third kappa shape index (κ3) is 6.44. The van der Waals surface area contributed by atoms with E-state index < -0.39 is 62.8 Å². The van der Waals surface area contributed by atoms with Crippen molar-refractivity contribution < 1.29 is 35.9 Å². The average Bonchev–Trinajstić information content (AvgIpc) is 2.80. The van der Waals surface area contributed by atoms with Crippen LogP contribution in [0.2, 0.25) is 0 Å². The maximum Gasteiger partial charge on any atom is 0.274 e. The molecule has 0 radical (unpaired) electrons. The number of hydrogen-bond donors (Lipinski definition) is 2. The number of halogens is 6. The lowest BCUT2D eigenvalue weighted by molar-refractivity contribution is -0.0305. The van der Waals surface area contributed by atoms with Gasteiger partial charge in [-0.15, -0.1) is 0 Å². The van der Waals surface area contributed by atoms with E-state index in [2.05, 4.69) is 15.3 Å². The summed E-state index contributed by atoms with van der Waals surface area (Å²) in [5.41, 5.74) is 3.17. The Morgan fingerprint density at radius 1 is 1.24 bits per heavy atom. The molecular formula is C21H22F6N4O2. The molecule has 0 saturated heterocycles. The number of nitrogens with one attached hydrogen (secondary N) is 1. The van der Waals surface area contributed by atoms with Gasteiger partial charge in [0.15, 0.2) is 5.60 Å². The average molecular weight is 476 g/mol. The molecule has 0 spiro atoms. The SMILES string of the molecule is Cc1cc(C(F)F)cnc1C(=O)Nc1ccc(F)c(CN=C(N)C(CF)(CF)OCCF)c1. The van der Waals surface area contributed by atoms with Crippen LogP contribution in [-0.2, 0) is 11.3 Å². The van der Waals surface area contributed by atoms with Crippen LogP contribution in [0, 0.1) is 12.7 Å². The number of hydrogen-bond acceptors (Lipinski definition) is 4. The third-order valence-corrected chi connectivity index (χ3v) is 4.64. The smallest absolute Gasteiger partial charge is 0.274 e. The summed E-state index contributed by atoms with van der Waals surface area (Å²) in [6.07, 6.45) is -1.86. The van der Waals surface area contributed by atoms with Crippen molar-refractivity contribution in [2.24, 2.45) is 10.7 Å². The molecule has 1 amide bonds. The Labute approximate surface area is 185 Å². The lowest BCUT2D eigenvalue weighted by Crippen LogP contribution is -2.51. The molecule has 3 N–H and O–H groups in total. The van der Waals surface area contributed by atoms with Crippen molar-refractivity contribution in [3.05, 3.63) is 58.7 Å². The summed E-state index contributed by atoms with van der Waals surface area (Å²) in [4.78, 5) is 20.0. The van der Waals surface area contributed by atoms with Crippen molar-refractivity contribution in [1.82, 2.24) is 4.98 Å². The van der Waals surface area contributed by atoms with Crippen LogP contribution in [0.5, 0.6) is 0 Å². The fourth-order valence-electron chi connectivity index (χ4n) is 2.79. The second-order valence-electron chi connectivity index (χ2n) is 7.00. The number of nitrogens with two attached hydrogens (primary N) is 1. The molecule has 1 aromatic heterocycles. The van der Waals surface area contributed by atoms with Crippen LogP contribution in [0.3, 0.4) is 0 Å². The fraction of sp³-hybridized carbons (Fsp3) is 0.381. The number of alkyl halides is 5. The van der Waals surface area contributed by atoms with Gasteiger partial charge in [0, 0.05) is 23.0 Å². The molecule has 1 aromatic carbocycles. The lowest BCUT2D eigenvalue weighted by atomic mass is 10.1. The first kappa shape index (κ1) is 26.1. The van der Waals surface area contributed by atoms with E-state index in [0.717, 1.165) is 18.3 Å². The number of benzene rings is 1. The van der Waals surface area contributed by atoms with E-state index in [1.807, 2.05) is 0 Å². The number of nitrogens with zero attached hydrogens (tertiary/aromatic N) is 2. The molecule has 2 rings (SSSR count). The van der Waals surface area contributed by atoms with Crippen molar-refractivity contribution in [2.75, 3.05) is 31.9 Å². The molecule has 1 heterocycles. The number of aromatic nitrogens is 1. The van der Waals surface area contributed by atoms with E-state index in [4.69, 9.17) is 10.5 Å². The van der Waals surface area contributed by atoms with E-state index >= 15 is 0 Å². The van der Waals surface area contributed by atoms with Gasteiger partial charge in [-0.1, -0.05) is 0 Å². The minimum absolute atomic E-state index is 0.0782. The van der Waals surface area contributed by atoms with Crippen LogP contribution < -0.4 is 11.1 Å². The molecular weight excluding hydrogens is 454 g/mol. The Kier molecular flexibility index (Phi) is 9.21. The van der Waals surface area contributed by atoms with Crippen LogP contribution in [-0.4, -0.2) is 49.0 Å². The Balaban J connectivity index is 2.20. The molecule has 12 heteroatoms. The van der Waals surface area contributed by atoms with Gasteiger partial charge in [-0.3, -0.25) is 14.8 Å². The Hall–Kier alpha value is -3.15. The summed E-state index contributed by atoms with van der Waals surface area (Å²) < 4.78 is 83.6. The number of anilines is 1. The third-order valence-electron chi connectivity index (χ3n) is 4.64. The predicted octanol–water partition coefficient (Wildman–Crippen LogP) is 4.24. The molecule has 0 aliphatic carbocycles. The molecule has 0 unspecified atom stereocenters. The number of aliphatic imine (C=N–C) groups is 1. The second kappa shape index (κ2) is 11.6. The standard InChI is InChI=1S/C21H22F6N4O2/c1-12-6-14(18(26)27)9-29-17(12)19(32)31-15-2-3-16(25)13(7-15)8-30-20(28)21(10-23,11-24)33-5-4-22/h2-3,6-7,9,18H,4-5,8,10-11H2,1H3,(H2,28,30)(H,31,32). The van der Waals surface area contributed by atoms with Crippen LogP contribution in [0.1, 0.15) is 33.6 Å². The van der Waals surface area contributed by atoms with E-state index in [9.17, 15) is 31.1 Å². The zero-order valence-electron chi connectivity index (χ0n) is 17.6. The van der Waals surface area contributed by atoms with Gasteiger partial charge in [0.25, 0.3) is 12.3 Å². The first-order valence-electron chi connectivity index (χ1n) is 9.64. The van der Waals surface area contributed by atoms with Crippen LogP contribution in [0.15, 0.2) is 35.5 Å². The van der Waals surface area contributed by atoms with Gasteiger partial charge in [-0.05, 0) is 36.8 Å². The lowest BCUT2D eigenvalue weighted by Gasteiger charge is -2.27. The van der Waals surface area contributed by atoms with E-state index in [-0.39, 0.29) is 28.1 Å². The molecule has 0 saturated carbocycles. The van der Waals surface area contributed by atoms with Crippen molar-refractivity contribution in [1.29, 1.82) is 0 Å². The topological polar surface area (TPSA) is 89.6 Å². The first-order valence-corrected chi connectivity index (χ1v) is 9.64. The molecule has 0 fully saturated rings. The summed E-state index contributed by atoms with van der Waals surface area (Å²) in [6.45, 7) is -3.44. The molecule has 0 bridgehead atoms. The fourth-order valence-corrected chi connectivity index (χ4v) is 2.79. The Bertz CT molecular complexity index is 999. The molecule has 33 heavy (non-hydrogen) atoms. The maximum atomic E-state index is 14.2. The van der Waals surface area contributed by atoms with Gasteiger partial charge in [-0.25, -0.2) is 26.3 Å². The molecule has 6 nitrogen and oxygen atoms in total. The van der Waals surface area contributed by atoms with Gasteiger partial charge < -0.3 is 15.8 Å². The zero-order chi connectivity index (χ0) is 24.6. The van der Waals surface area contributed by atoms with Gasteiger partial charge in [0.05, 0.1) is 13.2 Å². The van der Waals surface area contributed by atoms with Gasteiger partial charge in [0.1, 0.15) is 37.4 Å². The number of pyridine rings is 1. The normalized spacial score (nSPS) is 12.3. The number of aryl methyl sites for hydroxylation is 1. The van der Waals surface area contributed by atoms with E-state index in [1.54, 1.807) is 0 Å². The molecule has 180 valence electrons. The Morgan fingerprint density at radius 2 is 1.94 bits per heavy atom. The molecule has 0 aliphatic heterocycles. The quantitative estimate of drug-likeness (QED) is 0.289. The number of carbonyl (C=O) groups is 1. The summed E-state index contributed by atoms with van der Waals surface area (Å²) >= 11 is 0. The van der Waals surface area contributed by atoms with Crippen LogP contribution >= 0.6 is 0 Å². The highest BCUT2D eigenvalue weighted by Crippen LogP contribution is 2.22. The van der Waals surface area contributed by atoms with Crippen molar-refractivity contribution >= 4 is 17.4 Å². The monoisotopic (exact) mass is 476 g/mol.